The first-order valence-corrected chi connectivity index (χ1v) is 9.08. The van der Waals surface area contributed by atoms with Crippen LogP contribution in [0.4, 0.5) is 5.95 Å². The summed E-state index contributed by atoms with van der Waals surface area (Å²) in [6.45, 7) is 5.68. The molecule has 9 heteroatoms. The summed E-state index contributed by atoms with van der Waals surface area (Å²) in [6, 6.07) is 0. The van der Waals surface area contributed by atoms with E-state index in [2.05, 4.69) is 20.2 Å². The van der Waals surface area contributed by atoms with Crippen molar-refractivity contribution in [2.45, 2.75) is 13.3 Å². The number of fused-ring (bicyclic) bond motifs is 1. The van der Waals surface area contributed by atoms with Crippen molar-refractivity contribution in [2.75, 3.05) is 51.4 Å². The van der Waals surface area contributed by atoms with Crippen LogP contribution in [0.25, 0.3) is 10.2 Å². The Morgan fingerprint density at radius 2 is 2.16 bits per heavy atom. The summed E-state index contributed by atoms with van der Waals surface area (Å²) < 4.78 is 10.0. The number of hydrogen-bond acceptors (Lipinski definition) is 8. The van der Waals surface area contributed by atoms with Crippen LogP contribution in [0.1, 0.15) is 21.7 Å². The Labute approximate surface area is 149 Å². The number of aromatic nitrogens is 2. The number of esters is 1. The van der Waals surface area contributed by atoms with Crippen LogP contribution in [-0.4, -0.2) is 62.4 Å². The third kappa shape index (κ3) is 3.83. The molecule has 0 aliphatic carbocycles. The first-order chi connectivity index (χ1) is 12.1. The molecular formula is C16H22N4O4S. The van der Waals surface area contributed by atoms with Crippen molar-refractivity contribution < 1.29 is 14.3 Å². The monoisotopic (exact) mass is 366 g/mol. The fourth-order valence-electron chi connectivity index (χ4n) is 2.82. The Morgan fingerprint density at radius 3 is 2.96 bits per heavy atom. The third-order valence-electron chi connectivity index (χ3n) is 4.13. The summed E-state index contributed by atoms with van der Waals surface area (Å²) >= 11 is 1.20. The van der Waals surface area contributed by atoms with E-state index in [-0.39, 0.29) is 12.2 Å². The van der Waals surface area contributed by atoms with Crippen LogP contribution in [0.2, 0.25) is 0 Å². The molecule has 0 radical (unpaired) electrons. The molecule has 0 spiro atoms. The second-order valence-electron chi connectivity index (χ2n) is 5.85. The molecule has 0 saturated carbocycles. The Hall–Kier alpha value is -1.97. The van der Waals surface area contributed by atoms with Gasteiger partial charge in [-0.3, -0.25) is 9.78 Å². The molecule has 2 aromatic heterocycles. The van der Waals surface area contributed by atoms with Gasteiger partial charge >= 0.3 is 5.97 Å². The number of thiophene rings is 1. The highest BCUT2D eigenvalue weighted by Crippen LogP contribution is 2.28. The lowest BCUT2D eigenvalue weighted by atomic mass is 10.2. The number of methoxy groups -OCH3 is 1. The van der Waals surface area contributed by atoms with Gasteiger partial charge in [-0.15, -0.1) is 11.3 Å². The van der Waals surface area contributed by atoms with E-state index in [0.29, 0.717) is 33.2 Å². The zero-order valence-corrected chi connectivity index (χ0v) is 15.2. The molecule has 0 amide bonds. The van der Waals surface area contributed by atoms with Gasteiger partial charge in [0.05, 0.1) is 12.0 Å². The minimum Gasteiger partial charge on any atom is -0.459 e. The molecule has 8 nitrogen and oxygen atoms in total. The SMILES string of the molecule is COCCOC(=O)c1sc2nc(N3CCCNCC3)[nH]c(=O)c2c1C. The normalized spacial score (nSPS) is 15.4. The summed E-state index contributed by atoms with van der Waals surface area (Å²) in [5.74, 6) is 0.110. The van der Waals surface area contributed by atoms with Crippen molar-refractivity contribution in [1.82, 2.24) is 15.3 Å². The molecule has 1 aliphatic rings. The van der Waals surface area contributed by atoms with E-state index in [0.717, 1.165) is 32.6 Å². The third-order valence-corrected chi connectivity index (χ3v) is 5.30. The van der Waals surface area contributed by atoms with E-state index in [9.17, 15) is 9.59 Å². The van der Waals surface area contributed by atoms with Gasteiger partial charge in [0.25, 0.3) is 5.56 Å². The van der Waals surface area contributed by atoms with Gasteiger partial charge < -0.3 is 19.7 Å². The van der Waals surface area contributed by atoms with Gasteiger partial charge in [-0.2, -0.15) is 0 Å². The van der Waals surface area contributed by atoms with E-state index in [1.807, 2.05) is 0 Å². The molecule has 0 aromatic carbocycles. The number of H-pyrrole nitrogens is 1. The lowest BCUT2D eigenvalue weighted by Crippen LogP contribution is -2.31. The van der Waals surface area contributed by atoms with Crippen LogP contribution < -0.4 is 15.8 Å². The quantitative estimate of drug-likeness (QED) is 0.599. The van der Waals surface area contributed by atoms with Crippen LogP contribution >= 0.6 is 11.3 Å². The van der Waals surface area contributed by atoms with Crippen LogP contribution in [0.3, 0.4) is 0 Å². The smallest absolute Gasteiger partial charge is 0.348 e. The van der Waals surface area contributed by atoms with Gasteiger partial charge in [-0.25, -0.2) is 9.78 Å². The number of carbonyl (C=O) groups excluding carboxylic acids is 1. The van der Waals surface area contributed by atoms with Gasteiger partial charge in [0.15, 0.2) is 0 Å². The fraction of sp³-hybridized carbons (Fsp3) is 0.562. The first kappa shape index (κ1) is 17.8. The molecule has 136 valence electrons. The summed E-state index contributed by atoms with van der Waals surface area (Å²) in [7, 11) is 1.54. The maximum absolute atomic E-state index is 12.5. The highest BCUT2D eigenvalue weighted by molar-refractivity contribution is 7.20. The number of carbonyl (C=O) groups is 1. The molecule has 1 fully saturated rings. The van der Waals surface area contributed by atoms with Crippen LogP contribution in [0, 0.1) is 6.92 Å². The largest absolute Gasteiger partial charge is 0.459 e. The number of aryl methyl sites for hydroxylation is 1. The second kappa shape index (κ2) is 7.94. The predicted octanol–water partition coefficient (Wildman–Crippen LogP) is 0.896. The fourth-order valence-corrected chi connectivity index (χ4v) is 3.89. The van der Waals surface area contributed by atoms with Gasteiger partial charge in [-0.05, 0) is 25.5 Å². The van der Waals surface area contributed by atoms with E-state index in [4.69, 9.17) is 9.47 Å². The number of hydrogen-bond donors (Lipinski definition) is 2. The summed E-state index contributed by atoms with van der Waals surface area (Å²) in [6.07, 6.45) is 0.988. The van der Waals surface area contributed by atoms with E-state index >= 15 is 0 Å². The van der Waals surface area contributed by atoms with E-state index < -0.39 is 5.97 Å². The standard InChI is InChI=1S/C16H22N4O4S/c1-10-11-13(21)18-16(20-6-3-4-17-5-7-20)19-14(11)25-12(10)15(22)24-9-8-23-2/h17H,3-9H2,1-2H3,(H,18,19,21). The Kier molecular flexibility index (Phi) is 5.67. The number of nitrogens with zero attached hydrogens (tertiary/aromatic N) is 2. The molecule has 0 bridgehead atoms. The molecule has 0 atom stereocenters. The van der Waals surface area contributed by atoms with E-state index in [1.54, 1.807) is 14.0 Å². The molecule has 2 N–H and O–H groups in total. The van der Waals surface area contributed by atoms with Crippen molar-refractivity contribution in [3.8, 4) is 0 Å². The Morgan fingerprint density at radius 1 is 1.32 bits per heavy atom. The number of aromatic amines is 1. The lowest BCUT2D eigenvalue weighted by molar-refractivity contribution is 0.0393. The van der Waals surface area contributed by atoms with E-state index in [1.165, 1.54) is 11.3 Å². The van der Waals surface area contributed by atoms with Crippen LogP contribution in [0.15, 0.2) is 4.79 Å². The molecule has 3 heterocycles. The average Bonchev–Trinajstić information content (AvgIpc) is 2.77. The Balaban J connectivity index is 1.92. The average molecular weight is 366 g/mol. The predicted molar refractivity (Wildman–Crippen MR) is 96.8 cm³/mol. The first-order valence-electron chi connectivity index (χ1n) is 8.27. The number of anilines is 1. The van der Waals surface area contributed by atoms with Crippen molar-refractivity contribution in [3.05, 3.63) is 20.8 Å². The minimum atomic E-state index is -0.447. The lowest BCUT2D eigenvalue weighted by Gasteiger charge is -2.19. The van der Waals surface area contributed by atoms with Crippen molar-refractivity contribution in [1.29, 1.82) is 0 Å². The van der Waals surface area contributed by atoms with Crippen molar-refractivity contribution >= 4 is 33.5 Å². The summed E-state index contributed by atoms with van der Waals surface area (Å²) in [5.41, 5.74) is 0.391. The maximum atomic E-state index is 12.5. The highest BCUT2D eigenvalue weighted by Gasteiger charge is 2.22. The molecule has 3 rings (SSSR count). The number of ether oxygens (including phenoxy) is 2. The summed E-state index contributed by atoms with van der Waals surface area (Å²) in [4.78, 5) is 35.3. The van der Waals surface area contributed by atoms with Gasteiger partial charge in [0, 0.05) is 26.7 Å². The summed E-state index contributed by atoms with van der Waals surface area (Å²) in [5, 5.41) is 3.78. The molecule has 1 aliphatic heterocycles. The van der Waals surface area contributed by atoms with Crippen LogP contribution in [0.5, 0.6) is 0 Å². The zero-order chi connectivity index (χ0) is 17.8. The molecule has 25 heavy (non-hydrogen) atoms. The highest BCUT2D eigenvalue weighted by atomic mass is 32.1. The number of nitrogens with one attached hydrogen (secondary N) is 2. The van der Waals surface area contributed by atoms with Gasteiger partial charge in [-0.1, -0.05) is 0 Å². The topological polar surface area (TPSA) is 96.6 Å². The Bertz CT molecular complexity index is 808. The minimum absolute atomic E-state index is 0.179. The second-order valence-corrected chi connectivity index (χ2v) is 6.84. The van der Waals surface area contributed by atoms with Crippen molar-refractivity contribution in [3.63, 3.8) is 0 Å². The molecule has 1 saturated heterocycles. The van der Waals surface area contributed by atoms with Gasteiger partial charge in [0.2, 0.25) is 5.95 Å². The van der Waals surface area contributed by atoms with Gasteiger partial charge in [0.1, 0.15) is 16.3 Å². The molecule has 0 unspecified atom stereocenters. The molecule has 2 aromatic rings. The van der Waals surface area contributed by atoms with Crippen molar-refractivity contribution in [2.24, 2.45) is 0 Å². The van der Waals surface area contributed by atoms with Crippen LogP contribution in [-0.2, 0) is 9.47 Å². The number of rotatable bonds is 5. The maximum Gasteiger partial charge on any atom is 0.348 e. The molecular weight excluding hydrogens is 344 g/mol. The zero-order valence-electron chi connectivity index (χ0n) is 14.4.